The molecule has 1 aliphatic rings. The van der Waals surface area contributed by atoms with Crippen LogP contribution in [0.1, 0.15) is 35.7 Å². The molecule has 1 aliphatic heterocycles. The van der Waals surface area contributed by atoms with Crippen LogP contribution in [0.5, 0.6) is 0 Å². The lowest BCUT2D eigenvalue weighted by atomic mass is 10.0. The molecule has 1 saturated heterocycles. The Morgan fingerprint density at radius 1 is 1.38 bits per heavy atom. The highest BCUT2D eigenvalue weighted by Crippen LogP contribution is 2.15. The molecule has 116 valence electrons. The van der Waals surface area contributed by atoms with E-state index in [0.717, 1.165) is 38.4 Å². The minimum atomic E-state index is -0.195. The lowest BCUT2D eigenvalue weighted by Gasteiger charge is -2.26. The maximum Gasteiger partial charge on any atom is 0.274 e. The van der Waals surface area contributed by atoms with Crippen LogP contribution in [-0.2, 0) is 9.57 Å². The van der Waals surface area contributed by atoms with Crippen molar-refractivity contribution in [3.63, 3.8) is 0 Å². The Balaban J connectivity index is 1.72. The van der Waals surface area contributed by atoms with Crippen LogP contribution in [0.2, 0.25) is 0 Å². The van der Waals surface area contributed by atoms with Gasteiger partial charge in [0.25, 0.3) is 5.91 Å². The fourth-order valence-electron chi connectivity index (χ4n) is 2.21. The maximum atomic E-state index is 12.0. The highest BCUT2D eigenvalue weighted by Gasteiger charge is 2.11. The lowest BCUT2D eigenvalue weighted by Crippen LogP contribution is -2.39. The number of amides is 1. The van der Waals surface area contributed by atoms with Crippen LogP contribution in [0.4, 0.5) is 0 Å². The summed E-state index contributed by atoms with van der Waals surface area (Å²) in [5.41, 5.74) is 4.29. The van der Waals surface area contributed by atoms with Crippen LogP contribution < -0.4 is 5.48 Å². The van der Waals surface area contributed by atoms with E-state index in [1.165, 1.54) is 0 Å². The molecule has 0 atom stereocenters. The summed E-state index contributed by atoms with van der Waals surface area (Å²) in [6.07, 6.45) is 0. The summed E-state index contributed by atoms with van der Waals surface area (Å²) >= 11 is 0. The fraction of sp³-hybridized carbons (Fsp3) is 0.562. The van der Waals surface area contributed by atoms with Gasteiger partial charge in [0.05, 0.1) is 19.8 Å². The van der Waals surface area contributed by atoms with Gasteiger partial charge in [0, 0.05) is 25.2 Å². The number of ether oxygens (including phenoxy) is 1. The Hall–Kier alpha value is -1.43. The molecule has 1 fully saturated rings. The van der Waals surface area contributed by atoms with Crippen molar-refractivity contribution in [3.8, 4) is 0 Å². The molecule has 5 heteroatoms. The number of hydrogen-bond acceptors (Lipinski definition) is 4. The molecule has 0 unspecified atom stereocenters. The number of benzene rings is 1. The second-order valence-electron chi connectivity index (χ2n) is 5.51. The average molecular weight is 292 g/mol. The average Bonchev–Trinajstić information content (AvgIpc) is 2.52. The molecule has 0 saturated carbocycles. The van der Waals surface area contributed by atoms with E-state index in [0.29, 0.717) is 18.1 Å². The van der Waals surface area contributed by atoms with E-state index in [-0.39, 0.29) is 5.91 Å². The first-order valence-corrected chi connectivity index (χ1v) is 7.49. The molecular formula is C16H24N2O3. The molecule has 0 aliphatic carbocycles. The van der Waals surface area contributed by atoms with Crippen molar-refractivity contribution < 1.29 is 14.4 Å². The normalized spacial score (nSPS) is 16.1. The largest absolute Gasteiger partial charge is 0.379 e. The highest BCUT2D eigenvalue weighted by molar-refractivity contribution is 5.93. The van der Waals surface area contributed by atoms with Gasteiger partial charge in [-0.3, -0.25) is 14.5 Å². The van der Waals surface area contributed by atoms with Gasteiger partial charge in [-0.05, 0) is 23.6 Å². The van der Waals surface area contributed by atoms with Crippen LogP contribution >= 0.6 is 0 Å². The van der Waals surface area contributed by atoms with Crippen LogP contribution in [-0.4, -0.2) is 50.3 Å². The summed E-state index contributed by atoms with van der Waals surface area (Å²) in [7, 11) is 0. The van der Waals surface area contributed by atoms with E-state index in [2.05, 4.69) is 24.2 Å². The van der Waals surface area contributed by atoms with E-state index in [4.69, 9.17) is 9.57 Å². The first-order valence-electron chi connectivity index (χ1n) is 7.49. The van der Waals surface area contributed by atoms with Gasteiger partial charge >= 0.3 is 0 Å². The van der Waals surface area contributed by atoms with Gasteiger partial charge in [0.2, 0.25) is 0 Å². The number of carbonyl (C=O) groups excluding carboxylic acids is 1. The Morgan fingerprint density at radius 3 is 2.86 bits per heavy atom. The predicted molar refractivity (Wildman–Crippen MR) is 81.2 cm³/mol. The summed E-state index contributed by atoms with van der Waals surface area (Å²) in [5, 5.41) is 0. The molecule has 1 N–H and O–H groups in total. The maximum absolute atomic E-state index is 12.0. The first kappa shape index (κ1) is 15.9. The molecule has 21 heavy (non-hydrogen) atoms. The zero-order valence-electron chi connectivity index (χ0n) is 12.8. The van der Waals surface area contributed by atoms with E-state index in [1.807, 2.05) is 18.2 Å². The zero-order chi connectivity index (χ0) is 15.1. The van der Waals surface area contributed by atoms with Crippen LogP contribution in [0.25, 0.3) is 0 Å². The summed E-state index contributed by atoms with van der Waals surface area (Å²) in [4.78, 5) is 19.5. The molecule has 1 aromatic carbocycles. The summed E-state index contributed by atoms with van der Waals surface area (Å²) in [5.74, 6) is 0.208. The van der Waals surface area contributed by atoms with Gasteiger partial charge in [-0.1, -0.05) is 26.0 Å². The molecule has 1 heterocycles. The number of carbonyl (C=O) groups is 1. The quantitative estimate of drug-likeness (QED) is 0.642. The third kappa shape index (κ3) is 5.12. The Morgan fingerprint density at radius 2 is 2.14 bits per heavy atom. The smallest absolute Gasteiger partial charge is 0.274 e. The molecule has 2 rings (SSSR count). The second kappa shape index (κ2) is 8.12. The molecule has 0 spiro atoms. The van der Waals surface area contributed by atoms with Gasteiger partial charge in [-0.15, -0.1) is 0 Å². The minimum absolute atomic E-state index is 0.195. The second-order valence-corrected chi connectivity index (χ2v) is 5.51. The number of morpholine rings is 1. The van der Waals surface area contributed by atoms with Crippen molar-refractivity contribution in [2.24, 2.45) is 0 Å². The topological polar surface area (TPSA) is 50.8 Å². The molecule has 5 nitrogen and oxygen atoms in total. The van der Waals surface area contributed by atoms with Crippen LogP contribution in [0.3, 0.4) is 0 Å². The van der Waals surface area contributed by atoms with Crippen LogP contribution in [0, 0.1) is 0 Å². The number of rotatable bonds is 6. The van der Waals surface area contributed by atoms with Gasteiger partial charge in [-0.25, -0.2) is 5.48 Å². The van der Waals surface area contributed by atoms with Gasteiger partial charge in [-0.2, -0.15) is 0 Å². The first-order chi connectivity index (χ1) is 10.2. The van der Waals surface area contributed by atoms with Gasteiger partial charge in [0.15, 0.2) is 0 Å². The van der Waals surface area contributed by atoms with E-state index in [9.17, 15) is 4.79 Å². The molecule has 0 aromatic heterocycles. The standard InChI is InChI=1S/C16H24N2O3/c1-13(2)14-4-3-5-15(12-14)16(19)17-21-11-8-18-6-9-20-10-7-18/h3-5,12-13H,6-11H2,1-2H3,(H,17,19). The predicted octanol–water partition coefficient (Wildman–Crippen LogP) is 1.80. The molecular weight excluding hydrogens is 268 g/mol. The highest BCUT2D eigenvalue weighted by atomic mass is 16.7. The Labute approximate surface area is 126 Å². The Kier molecular flexibility index (Phi) is 6.17. The minimum Gasteiger partial charge on any atom is -0.379 e. The van der Waals surface area contributed by atoms with Crippen molar-refractivity contribution in [1.82, 2.24) is 10.4 Å². The molecule has 0 bridgehead atoms. The number of nitrogens with zero attached hydrogens (tertiary/aromatic N) is 1. The third-order valence-electron chi connectivity index (χ3n) is 3.59. The van der Waals surface area contributed by atoms with E-state index >= 15 is 0 Å². The Bertz CT molecular complexity index is 457. The van der Waals surface area contributed by atoms with Gasteiger partial charge in [0.1, 0.15) is 0 Å². The molecule has 1 amide bonds. The van der Waals surface area contributed by atoms with E-state index < -0.39 is 0 Å². The monoisotopic (exact) mass is 292 g/mol. The number of nitrogens with one attached hydrogen (secondary N) is 1. The summed E-state index contributed by atoms with van der Waals surface area (Å²) in [6, 6.07) is 7.64. The summed E-state index contributed by atoms with van der Waals surface area (Å²) < 4.78 is 5.28. The van der Waals surface area contributed by atoms with Gasteiger partial charge < -0.3 is 4.74 Å². The zero-order valence-corrected chi connectivity index (χ0v) is 12.8. The fourth-order valence-corrected chi connectivity index (χ4v) is 2.21. The number of hydroxylamine groups is 1. The van der Waals surface area contributed by atoms with Crippen LogP contribution in [0.15, 0.2) is 24.3 Å². The lowest BCUT2D eigenvalue weighted by molar-refractivity contribution is -0.00177. The third-order valence-corrected chi connectivity index (χ3v) is 3.59. The SMILES string of the molecule is CC(C)c1cccc(C(=O)NOCCN2CCOCC2)c1. The van der Waals surface area contributed by atoms with E-state index in [1.54, 1.807) is 6.07 Å². The molecule has 0 radical (unpaired) electrons. The number of hydrogen-bond donors (Lipinski definition) is 1. The van der Waals surface area contributed by atoms with Crippen molar-refractivity contribution in [2.45, 2.75) is 19.8 Å². The van der Waals surface area contributed by atoms with Crippen molar-refractivity contribution in [3.05, 3.63) is 35.4 Å². The van der Waals surface area contributed by atoms with Crippen molar-refractivity contribution >= 4 is 5.91 Å². The van der Waals surface area contributed by atoms with Crippen molar-refractivity contribution in [2.75, 3.05) is 39.5 Å². The molecule has 1 aromatic rings. The summed E-state index contributed by atoms with van der Waals surface area (Å²) in [6.45, 7) is 8.89. The van der Waals surface area contributed by atoms with Crippen molar-refractivity contribution in [1.29, 1.82) is 0 Å².